The summed E-state index contributed by atoms with van der Waals surface area (Å²) in [5.41, 5.74) is 0.966. The zero-order valence-electron chi connectivity index (χ0n) is 8.76. The zero-order valence-corrected chi connectivity index (χ0v) is 10.3. The second-order valence-corrected chi connectivity index (χ2v) is 4.99. The Morgan fingerprint density at radius 3 is 3.00 bits per heavy atom. The lowest BCUT2D eigenvalue weighted by Gasteiger charge is -2.09. The molecule has 0 amide bonds. The van der Waals surface area contributed by atoms with E-state index >= 15 is 0 Å². The lowest BCUT2D eigenvalue weighted by molar-refractivity contribution is 0.0729. The Morgan fingerprint density at radius 2 is 2.24 bits per heavy atom. The molecule has 0 fully saturated rings. The van der Waals surface area contributed by atoms with Gasteiger partial charge in [-0.15, -0.1) is 11.3 Å². The van der Waals surface area contributed by atoms with Crippen LogP contribution in [0.5, 0.6) is 0 Å². The van der Waals surface area contributed by atoms with Crippen LogP contribution in [-0.4, -0.2) is 5.84 Å². The molecule has 1 aliphatic heterocycles. The van der Waals surface area contributed by atoms with Gasteiger partial charge < -0.3 is 10.2 Å². The van der Waals surface area contributed by atoms with Crippen molar-refractivity contribution in [1.82, 2.24) is 5.32 Å². The molecule has 86 valence electrons. The van der Waals surface area contributed by atoms with Crippen LogP contribution in [0.15, 0.2) is 46.9 Å². The zero-order chi connectivity index (χ0) is 11.7. The van der Waals surface area contributed by atoms with Gasteiger partial charge in [0.25, 0.3) is 0 Å². The van der Waals surface area contributed by atoms with Crippen LogP contribution in [0.3, 0.4) is 0 Å². The van der Waals surface area contributed by atoms with Crippen molar-refractivity contribution in [1.29, 1.82) is 0 Å². The van der Waals surface area contributed by atoms with E-state index in [-0.39, 0.29) is 6.23 Å². The van der Waals surface area contributed by atoms with E-state index in [0.29, 0.717) is 5.02 Å². The number of nitrogens with zero attached hydrogens (tertiary/aromatic N) is 1. The summed E-state index contributed by atoms with van der Waals surface area (Å²) in [5, 5.41) is 9.95. The molecule has 0 saturated heterocycles. The van der Waals surface area contributed by atoms with Gasteiger partial charge in [0, 0.05) is 10.6 Å². The lowest BCUT2D eigenvalue weighted by Crippen LogP contribution is -2.22. The monoisotopic (exact) mass is 264 g/mol. The third kappa shape index (κ3) is 2.14. The summed E-state index contributed by atoms with van der Waals surface area (Å²) in [6.45, 7) is 0. The van der Waals surface area contributed by atoms with Crippen molar-refractivity contribution < 1.29 is 4.84 Å². The molecule has 5 heteroatoms. The molecule has 1 aromatic carbocycles. The maximum Gasteiger partial charge on any atom is 0.225 e. The number of benzene rings is 1. The second-order valence-electron chi connectivity index (χ2n) is 3.60. The maximum absolute atomic E-state index is 5.94. The number of hydrogen-bond donors (Lipinski definition) is 1. The van der Waals surface area contributed by atoms with Gasteiger partial charge in [0.2, 0.25) is 6.23 Å². The van der Waals surface area contributed by atoms with E-state index in [2.05, 4.69) is 10.5 Å². The molecule has 1 N–H and O–H groups in total. The second kappa shape index (κ2) is 4.39. The van der Waals surface area contributed by atoms with Crippen LogP contribution in [0.2, 0.25) is 5.02 Å². The van der Waals surface area contributed by atoms with E-state index in [1.54, 1.807) is 11.3 Å². The first kappa shape index (κ1) is 10.6. The smallest absolute Gasteiger partial charge is 0.225 e. The highest BCUT2D eigenvalue weighted by Crippen LogP contribution is 2.24. The van der Waals surface area contributed by atoms with Gasteiger partial charge in [-0.05, 0) is 23.6 Å². The van der Waals surface area contributed by atoms with Crippen molar-refractivity contribution in [3.8, 4) is 0 Å². The van der Waals surface area contributed by atoms with Gasteiger partial charge in [-0.3, -0.25) is 0 Å². The largest absolute Gasteiger partial charge is 0.364 e. The molecule has 0 spiro atoms. The molecule has 2 aromatic rings. The van der Waals surface area contributed by atoms with Crippen LogP contribution in [-0.2, 0) is 4.84 Å². The van der Waals surface area contributed by atoms with Crippen LogP contribution in [0.4, 0.5) is 0 Å². The van der Waals surface area contributed by atoms with Gasteiger partial charge in [-0.1, -0.05) is 35.0 Å². The van der Waals surface area contributed by atoms with E-state index in [1.165, 1.54) is 0 Å². The number of rotatable bonds is 2. The normalized spacial score (nSPS) is 18.4. The summed E-state index contributed by atoms with van der Waals surface area (Å²) in [5.74, 6) is 0.768. The number of oxime groups is 1. The number of thiophene rings is 1. The number of nitrogens with one attached hydrogen (secondary N) is 1. The van der Waals surface area contributed by atoms with Crippen molar-refractivity contribution in [3.63, 3.8) is 0 Å². The van der Waals surface area contributed by atoms with Gasteiger partial charge in [0.05, 0.1) is 4.88 Å². The van der Waals surface area contributed by atoms with Gasteiger partial charge in [-0.2, -0.15) is 0 Å². The highest BCUT2D eigenvalue weighted by molar-refractivity contribution is 7.12. The Labute approximate surface area is 108 Å². The SMILES string of the molecule is Clc1cccc(C2NC(c3cccs3)=NO2)c1. The fourth-order valence-corrected chi connectivity index (χ4v) is 2.49. The van der Waals surface area contributed by atoms with Crippen molar-refractivity contribution in [2.24, 2.45) is 5.16 Å². The quantitative estimate of drug-likeness (QED) is 0.902. The number of hydrogen-bond acceptors (Lipinski definition) is 4. The Bertz CT molecular complexity index is 553. The molecule has 1 unspecified atom stereocenters. The number of amidine groups is 1. The van der Waals surface area contributed by atoms with Crippen molar-refractivity contribution in [2.75, 3.05) is 0 Å². The summed E-state index contributed by atoms with van der Waals surface area (Å²) < 4.78 is 0. The Morgan fingerprint density at radius 1 is 1.29 bits per heavy atom. The first-order valence-electron chi connectivity index (χ1n) is 5.12. The Balaban J connectivity index is 1.79. The van der Waals surface area contributed by atoms with Gasteiger partial charge >= 0.3 is 0 Å². The Hall–Kier alpha value is -1.52. The first-order valence-corrected chi connectivity index (χ1v) is 6.38. The molecular formula is C12H9ClN2OS. The molecule has 17 heavy (non-hydrogen) atoms. The predicted molar refractivity (Wildman–Crippen MR) is 69.3 cm³/mol. The number of halogens is 1. The first-order chi connectivity index (χ1) is 8.33. The molecule has 1 aliphatic rings. The van der Waals surface area contributed by atoms with Gasteiger partial charge in [0.15, 0.2) is 5.84 Å². The molecule has 2 heterocycles. The van der Waals surface area contributed by atoms with Gasteiger partial charge in [0.1, 0.15) is 0 Å². The fourth-order valence-electron chi connectivity index (χ4n) is 1.63. The molecular weight excluding hydrogens is 256 g/mol. The molecule has 1 atom stereocenters. The highest BCUT2D eigenvalue weighted by atomic mass is 35.5. The van der Waals surface area contributed by atoms with Gasteiger partial charge in [-0.25, -0.2) is 0 Å². The predicted octanol–water partition coefficient (Wildman–Crippen LogP) is 3.38. The van der Waals surface area contributed by atoms with Crippen molar-refractivity contribution in [3.05, 3.63) is 57.2 Å². The summed E-state index contributed by atoms with van der Waals surface area (Å²) in [6, 6.07) is 11.5. The Kier molecular flexibility index (Phi) is 2.74. The van der Waals surface area contributed by atoms with Crippen molar-refractivity contribution in [2.45, 2.75) is 6.23 Å². The minimum absolute atomic E-state index is 0.259. The fraction of sp³-hybridized carbons (Fsp3) is 0.0833. The highest BCUT2D eigenvalue weighted by Gasteiger charge is 2.22. The van der Waals surface area contributed by atoms with Crippen LogP contribution < -0.4 is 5.32 Å². The topological polar surface area (TPSA) is 33.6 Å². The standard InChI is InChI=1S/C12H9ClN2OS/c13-9-4-1-3-8(7-9)12-14-11(15-16-12)10-5-2-6-17-10/h1-7,12H,(H,14,15). The van der Waals surface area contributed by atoms with Crippen LogP contribution in [0.25, 0.3) is 0 Å². The third-order valence-electron chi connectivity index (χ3n) is 2.42. The molecule has 3 rings (SSSR count). The lowest BCUT2D eigenvalue weighted by atomic mass is 10.2. The summed E-state index contributed by atoms with van der Waals surface area (Å²) >= 11 is 7.56. The molecule has 3 nitrogen and oxygen atoms in total. The van der Waals surface area contributed by atoms with Crippen molar-refractivity contribution >= 4 is 28.8 Å². The van der Waals surface area contributed by atoms with E-state index in [9.17, 15) is 0 Å². The summed E-state index contributed by atoms with van der Waals surface area (Å²) in [7, 11) is 0. The van der Waals surface area contributed by atoms with E-state index < -0.39 is 0 Å². The van der Waals surface area contributed by atoms with E-state index in [4.69, 9.17) is 16.4 Å². The van der Waals surface area contributed by atoms with Crippen LogP contribution in [0, 0.1) is 0 Å². The minimum Gasteiger partial charge on any atom is -0.364 e. The summed E-state index contributed by atoms with van der Waals surface area (Å²) in [6.07, 6.45) is -0.259. The molecule has 0 radical (unpaired) electrons. The molecule has 0 aliphatic carbocycles. The van der Waals surface area contributed by atoms with Crippen LogP contribution in [0.1, 0.15) is 16.7 Å². The van der Waals surface area contributed by atoms with Crippen LogP contribution >= 0.6 is 22.9 Å². The molecule has 0 saturated carbocycles. The average Bonchev–Trinajstić information content (AvgIpc) is 3.00. The average molecular weight is 265 g/mol. The van der Waals surface area contributed by atoms with E-state index in [0.717, 1.165) is 16.3 Å². The molecule has 1 aromatic heterocycles. The minimum atomic E-state index is -0.259. The summed E-state index contributed by atoms with van der Waals surface area (Å²) in [4.78, 5) is 6.42. The molecule has 0 bridgehead atoms. The maximum atomic E-state index is 5.94. The third-order valence-corrected chi connectivity index (χ3v) is 3.53. The van der Waals surface area contributed by atoms with E-state index in [1.807, 2.05) is 41.8 Å².